The molecule has 2 aliphatic rings. The highest BCUT2D eigenvalue weighted by Gasteiger charge is 2.30. The zero-order valence-corrected chi connectivity index (χ0v) is 28.5. The third kappa shape index (κ3) is 6.00. The van der Waals surface area contributed by atoms with Crippen LogP contribution in [0.4, 0.5) is 34.1 Å². The van der Waals surface area contributed by atoms with Gasteiger partial charge in [0.2, 0.25) is 0 Å². The molecule has 250 valence electrons. The minimum atomic E-state index is 0.368. The molecule has 50 heavy (non-hydrogen) atoms. The largest absolute Gasteiger partial charge is 0.456 e. The quantitative estimate of drug-likeness (QED) is 0.149. The second-order valence-corrected chi connectivity index (χ2v) is 13.0. The molecule has 6 heterocycles. The summed E-state index contributed by atoms with van der Waals surface area (Å²) >= 11 is 0. The predicted molar refractivity (Wildman–Crippen MR) is 198 cm³/mol. The first-order valence-corrected chi connectivity index (χ1v) is 16.9. The lowest BCUT2D eigenvalue weighted by atomic mass is 10.2. The summed E-state index contributed by atoms with van der Waals surface area (Å²) in [5.41, 5.74) is 7.98. The van der Waals surface area contributed by atoms with Crippen molar-refractivity contribution in [3.8, 4) is 34.4 Å². The minimum absolute atomic E-state index is 0.368. The van der Waals surface area contributed by atoms with E-state index in [-0.39, 0.29) is 0 Å². The summed E-state index contributed by atoms with van der Waals surface area (Å²) < 4.78 is 12.6. The average Bonchev–Trinajstić information content (AvgIpc) is 3.72. The minimum Gasteiger partial charge on any atom is -0.456 e. The number of anilines is 6. The highest BCUT2D eigenvalue weighted by atomic mass is 16.5. The SMILES string of the molecule is CC(C)N1CN(c2cncc(Oc3ccnc(-c4cc(Oc5cncc(N6CN(C(C)C)c7ccccc76)c5)ccn4)c3)c2)c2ccccc21. The van der Waals surface area contributed by atoms with Gasteiger partial charge in [0.1, 0.15) is 23.0 Å². The Balaban J connectivity index is 0.993. The van der Waals surface area contributed by atoms with Crippen molar-refractivity contribution in [2.24, 2.45) is 0 Å². The fourth-order valence-electron chi connectivity index (χ4n) is 6.53. The lowest BCUT2D eigenvalue weighted by Crippen LogP contribution is -2.33. The Morgan fingerprint density at radius 1 is 0.500 bits per heavy atom. The van der Waals surface area contributed by atoms with Gasteiger partial charge in [-0.25, -0.2) is 0 Å². The fourth-order valence-corrected chi connectivity index (χ4v) is 6.53. The standard InChI is InChI=1S/C40H38N8O2/c1-27(2)45-25-47(39-11-7-5-9-37(39)45)29-17-33(23-41-21-29)49-31-13-15-43-35(19-31)36-20-32(14-16-44-36)50-34-18-30(22-42-24-34)48-26-46(28(3)4)38-10-6-8-12-40(38)48/h5-24,27-28H,25-26H2,1-4H3. The van der Waals surface area contributed by atoms with E-state index in [4.69, 9.17) is 9.47 Å². The summed E-state index contributed by atoms with van der Waals surface area (Å²) in [5.74, 6) is 2.53. The predicted octanol–water partition coefficient (Wildman–Crippen LogP) is 9.17. The van der Waals surface area contributed by atoms with Crippen molar-refractivity contribution in [1.82, 2.24) is 19.9 Å². The van der Waals surface area contributed by atoms with E-state index in [1.807, 2.05) is 48.8 Å². The van der Waals surface area contributed by atoms with Crippen LogP contribution in [-0.4, -0.2) is 45.4 Å². The molecule has 10 heteroatoms. The number of para-hydroxylation sites is 4. The summed E-state index contributed by atoms with van der Waals surface area (Å²) in [6.07, 6.45) is 10.6. The molecule has 8 rings (SSSR count). The molecule has 2 aliphatic heterocycles. The second-order valence-electron chi connectivity index (χ2n) is 13.0. The molecule has 0 aliphatic carbocycles. The first kappa shape index (κ1) is 31.1. The number of hydrogen-bond acceptors (Lipinski definition) is 10. The van der Waals surface area contributed by atoms with Gasteiger partial charge in [0, 0.05) is 48.7 Å². The van der Waals surface area contributed by atoms with Gasteiger partial charge in [-0.2, -0.15) is 0 Å². The van der Waals surface area contributed by atoms with E-state index in [0.717, 1.165) is 36.1 Å². The lowest BCUT2D eigenvalue weighted by Gasteiger charge is -2.25. The van der Waals surface area contributed by atoms with Crippen molar-refractivity contribution in [3.05, 3.63) is 122 Å². The third-order valence-electron chi connectivity index (χ3n) is 9.02. The third-order valence-corrected chi connectivity index (χ3v) is 9.02. The van der Waals surface area contributed by atoms with Gasteiger partial charge in [-0.1, -0.05) is 24.3 Å². The Morgan fingerprint density at radius 3 is 1.34 bits per heavy atom. The molecular formula is C40H38N8O2. The van der Waals surface area contributed by atoms with E-state index in [0.29, 0.717) is 46.5 Å². The van der Waals surface area contributed by atoms with Crippen molar-refractivity contribution >= 4 is 34.1 Å². The van der Waals surface area contributed by atoms with Gasteiger partial charge >= 0.3 is 0 Å². The van der Waals surface area contributed by atoms with Crippen LogP contribution in [0.1, 0.15) is 27.7 Å². The van der Waals surface area contributed by atoms with E-state index in [2.05, 4.69) is 116 Å². The highest BCUT2D eigenvalue weighted by molar-refractivity contribution is 5.83. The van der Waals surface area contributed by atoms with Crippen LogP contribution in [0.5, 0.6) is 23.0 Å². The van der Waals surface area contributed by atoms with Gasteiger partial charge in [0.05, 0.1) is 83.6 Å². The smallest absolute Gasteiger partial charge is 0.147 e. The lowest BCUT2D eigenvalue weighted by molar-refractivity contribution is 0.478. The van der Waals surface area contributed by atoms with Gasteiger partial charge < -0.3 is 29.1 Å². The van der Waals surface area contributed by atoms with E-state index in [1.165, 1.54) is 11.4 Å². The van der Waals surface area contributed by atoms with Crippen LogP contribution in [0.3, 0.4) is 0 Å². The van der Waals surface area contributed by atoms with Crippen molar-refractivity contribution < 1.29 is 9.47 Å². The normalized spacial score (nSPS) is 13.6. The molecule has 0 saturated carbocycles. The summed E-state index contributed by atoms with van der Waals surface area (Å²) in [6.45, 7) is 10.3. The van der Waals surface area contributed by atoms with Gasteiger partial charge in [-0.05, 0) is 64.1 Å². The molecule has 0 bridgehead atoms. The number of pyridine rings is 4. The van der Waals surface area contributed by atoms with Crippen molar-refractivity contribution in [1.29, 1.82) is 0 Å². The number of ether oxygens (including phenoxy) is 2. The Bertz CT molecular complexity index is 2000. The number of rotatable bonds is 9. The molecule has 0 atom stereocenters. The van der Waals surface area contributed by atoms with Gasteiger partial charge in [-0.15, -0.1) is 0 Å². The summed E-state index contributed by atoms with van der Waals surface area (Å²) in [6, 6.07) is 29.1. The van der Waals surface area contributed by atoms with Crippen LogP contribution in [0, 0.1) is 0 Å². The summed E-state index contributed by atoms with van der Waals surface area (Å²) in [7, 11) is 0. The molecule has 0 spiro atoms. The maximum Gasteiger partial charge on any atom is 0.147 e. The zero-order chi connectivity index (χ0) is 34.2. The number of hydrogen-bond donors (Lipinski definition) is 0. The van der Waals surface area contributed by atoms with Crippen LogP contribution in [0.25, 0.3) is 11.4 Å². The second kappa shape index (κ2) is 13.0. The topological polar surface area (TPSA) is 83.0 Å². The molecular weight excluding hydrogens is 624 g/mol. The highest BCUT2D eigenvalue weighted by Crippen LogP contribution is 2.43. The van der Waals surface area contributed by atoms with Gasteiger partial charge in [0.15, 0.2) is 0 Å². The van der Waals surface area contributed by atoms with E-state index in [1.54, 1.807) is 24.8 Å². The molecule has 0 N–H and O–H groups in total. The Labute approximate surface area is 292 Å². The Kier molecular flexibility index (Phi) is 8.12. The molecule has 0 radical (unpaired) electrons. The average molecular weight is 663 g/mol. The number of benzene rings is 2. The van der Waals surface area contributed by atoms with Gasteiger partial charge in [-0.3, -0.25) is 19.9 Å². The maximum atomic E-state index is 6.32. The summed E-state index contributed by atoms with van der Waals surface area (Å²) in [5, 5.41) is 0. The zero-order valence-electron chi connectivity index (χ0n) is 28.5. The number of aromatic nitrogens is 4. The van der Waals surface area contributed by atoms with Crippen molar-refractivity contribution in [3.63, 3.8) is 0 Å². The first-order valence-electron chi connectivity index (χ1n) is 16.9. The van der Waals surface area contributed by atoms with E-state index >= 15 is 0 Å². The molecule has 2 aromatic carbocycles. The molecule has 0 fully saturated rings. The van der Waals surface area contributed by atoms with Crippen molar-refractivity contribution in [2.45, 2.75) is 39.8 Å². The monoisotopic (exact) mass is 662 g/mol. The van der Waals surface area contributed by atoms with E-state index in [9.17, 15) is 0 Å². The Morgan fingerprint density at radius 2 is 0.920 bits per heavy atom. The van der Waals surface area contributed by atoms with Crippen molar-refractivity contribution in [2.75, 3.05) is 32.9 Å². The molecule has 4 aromatic heterocycles. The van der Waals surface area contributed by atoms with Crippen LogP contribution >= 0.6 is 0 Å². The van der Waals surface area contributed by atoms with Crippen LogP contribution in [0.2, 0.25) is 0 Å². The van der Waals surface area contributed by atoms with Gasteiger partial charge in [0.25, 0.3) is 0 Å². The van der Waals surface area contributed by atoms with Crippen LogP contribution < -0.4 is 29.1 Å². The number of nitrogens with zero attached hydrogens (tertiary/aromatic N) is 8. The maximum absolute atomic E-state index is 6.32. The molecule has 0 saturated heterocycles. The molecule has 6 aromatic rings. The number of fused-ring (bicyclic) bond motifs is 2. The Hall–Kier alpha value is -6.16. The molecule has 0 unspecified atom stereocenters. The molecule has 0 amide bonds. The fraction of sp³-hybridized carbons (Fsp3) is 0.200. The van der Waals surface area contributed by atoms with E-state index < -0.39 is 0 Å². The van der Waals surface area contributed by atoms with Crippen LogP contribution in [0.15, 0.2) is 122 Å². The van der Waals surface area contributed by atoms with Crippen LogP contribution in [-0.2, 0) is 0 Å². The first-order chi connectivity index (χ1) is 24.4. The summed E-state index contributed by atoms with van der Waals surface area (Å²) in [4.78, 5) is 27.5. The molecule has 10 nitrogen and oxygen atoms in total.